The summed E-state index contributed by atoms with van der Waals surface area (Å²) in [5.41, 5.74) is 1.31. The van der Waals surface area contributed by atoms with E-state index in [1.165, 1.54) is 5.56 Å². The summed E-state index contributed by atoms with van der Waals surface area (Å²) in [7, 11) is 0. The van der Waals surface area contributed by atoms with E-state index in [0.29, 0.717) is 6.54 Å². The zero-order valence-electron chi connectivity index (χ0n) is 14.6. The van der Waals surface area contributed by atoms with Crippen LogP contribution in [0.3, 0.4) is 0 Å². The molecule has 1 aromatic heterocycles. The molecule has 1 aromatic carbocycles. The van der Waals surface area contributed by atoms with Gasteiger partial charge in [-0.1, -0.05) is 42.1 Å². The highest BCUT2D eigenvalue weighted by atomic mass is 32.2. The average Bonchev–Trinajstić information content (AvgIpc) is 3.05. The molecule has 1 atom stereocenters. The predicted octanol–water partition coefficient (Wildman–Crippen LogP) is 2.23. The van der Waals surface area contributed by atoms with Gasteiger partial charge in [-0.25, -0.2) is 4.98 Å². The molecule has 1 unspecified atom stereocenters. The number of hydrogen-bond acceptors (Lipinski definition) is 5. The smallest absolute Gasteiger partial charge is 0.224 e. The molecule has 2 aromatic rings. The summed E-state index contributed by atoms with van der Waals surface area (Å²) < 4.78 is 0. The van der Waals surface area contributed by atoms with Gasteiger partial charge in [-0.05, 0) is 31.9 Å². The summed E-state index contributed by atoms with van der Waals surface area (Å²) in [6, 6.07) is 10.5. The molecule has 2 N–H and O–H groups in total. The average molecular weight is 359 g/mol. The molecule has 0 spiro atoms. The molecule has 0 radical (unpaired) electrons. The van der Waals surface area contributed by atoms with Crippen molar-refractivity contribution in [1.29, 1.82) is 0 Å². The first-order chi connectivity index (χ1) is 12.2. The van der Waals surface area contributed by atoms with E-state index in [-0.39, 0.29) is 11.8 Å². The quantitative estimate of drug-likeness (QED) is 0.586. The molecule has 6 nitrogen and oxygen atoms in total. The van der Waals surface area contributed by atoms with E-state index < -0.39 is 0 Å². The maximum Gasteiger partial charge on any atom is 0.224 e. The number of aromatic nitrogens is 3. The van der Waals surface area contributed by atoms with E-state index in [4.69, 9.17) is 0 Å². The Balaban J connectivity index is 1.39. The van der Waals surface area contributed by atoms with Crippen LogP contribution < -0.4 is 5.32 Å². The van der Waals surface area contributed by atoms with E-state index in [1.807, 2.05) is 13.0 Å². The van der Waals surface area contributed by atoms with Crippen LogP contribution in [0.1, 0.15) is 24.2 Å². The Morgan fingerprint density at radius 3 is 3.00 bits per heavy atom. The highest BCUT2D eigenvalue weighted by Gasteiger charge is 2.25. The van der Waals surface area contributed by atoms with Crippen LogP contribution in [0.25, 0.3) is 0 Å². The van der Waals surface area contributed by atoms with Crippen LogP contribution in [0.5, 0.6) is 0 Å². The Morgan fingerprint density at radius 1 is 1.40 bits per heavy atom. The van der Waals surface area contributed by atoms with Crippen LogP contribution in [0.2, 0.25) is 0 Å². The number of carbonyl (C=O) groups is 1. The Labute approximate surface area is 152 Å². The number of rotatable bonds is 7. The monoisotopic (exact) mass is 359 g/mol. The van der Waals surface area contributed by atoms with Crippen molar-refractivity contribution >= 4 is 17.7 Å². The summed E-state index contributed by atoms with van der Waals surface area (Å²) in [4.78, 5) is 19.1. The maximum absolute atomic E-state index is 12.4. The topological polar surface area (TPSA) is 73.9 Å². The first-order valence-corrected chi connectivity index (χ1v) is 9.75. The summed E-state index contributed by atoms with van der Waals surface area (Å²) >= 11 is 1.55. The second kappa shape index (κ2) is 9.01. The third-order valence-corrected chi connectivity index (χ3v) is 5.18. The third kappa shape index (κ3) is 5.57. The molecular weight excluding hydrogens is 334 g/mol. The highest BCUT2D eigenvalue weighted by Crippen LogP contribution is 2.19. The van der Waals surface area contributed by atoms with E-state index in [0.717, 1.165) is 49.2 Å². The molecule has 1 fully saturated rings. The van der Waals surface area contributed by atoms with Gasteiger partial charge in [0.05, 0.1) is 5.92 Å². The summed E-state index contributed by atoms with van der Waals surface area (Å²) in [6.45, 7) is 5.35. The summed E-state index contributed by atoms with van der Waals surface area (Å²) in [5.74, 6) is 1.86. The molecule has 2 heterocycles. The highest BCUT2D eigenvalue weighted by molar-refractivity contribution is 7.99. The van der Waals surface area contributed by atoms with Gasteiger partial charge in [-0.3, -0.25) is 14.8 Å². The van der Waals surface area contributed by atoms with Gasteiger partial charge >= 0.3 is 0 Å². The summed E-state index contributed by atoms with van der Waals surface area (Å²) in [6.07, 6.45) is 2.06. The van der Waals surface area contributed by atoms with Crippen molar-refractivity contribution in [2.24, 2.45) is 5.92 Å². The number of H-pyrrole nitrogens is 1. The molecule has 1 aliphatic rings. The lowest BCUT2D eigenvalue weighted by molar-refractivity contribution is -0.126. The lowest BCUT2D eigenvalue weighted by Gasteiger charge is -2.32. The van der Waals surface area contributed by atoms with Gasteiger partial charge in [0.2, 0.25) is 11.1 Å². The van der Waals surface area contributed by atoms with Crippen LogP contribution in [0, 0.1) is 12.8 Å². The Morgan fingerprint density at radius 2 is 2.24 bits per heavy atom. The van der Waals surface area contributed by atoms with Gasteiger partial charge in [-0.15, -0.1) is 5.10 Å². The predicted molar refractivity (Wildman–Crippen MR) is 99.3 cm³/mol. The molecule has 134 valence electrons. The standard InChI is InChI=1S/C18H25N5OS/c1-14-20-18(22-21-14)25-11-9-19-17(24)16-8-5-10-23(13-16)12-15-6-3-2-4-7-15/h2-4,6-7,16H,5,8-13H2,1H3,(H,19,24)(H,20,21,22). The molecule has 1 aliphatic heterocycles. The normalized spacial score (nSPS) is 18.2. The van der Waals surface area contributed by atoms with Crippen molar-refractivity contribution in [2.45, 2.75) is 31.5 Å². The minimum absolute atomic E-state index is 0.0909. The fourth-order valence-corrected chi connectivity index (χ4v) is 3.80. The van der Waals surface area contributed by atoms with Gasteiger partial charge in [0.1, 0.15) is 5.82 Å². The largest absolute Gasteiger partial charge is 0.355 e. The van der Waals surface area contributed by atoms with Crippen molar-refractivity contribution in [3.05, 3.63) is 41.7 Å². The lowest BCUT2D eigenvalue weighted by Crippen LogP contribution is -2.43. The number of amides is 1. The molecule has 25 heavy (non-hydrogen) atoms. The Bertz CT molecular complexity index is 675. The Kier molecular flexibility index (Phi) is 6.47. The number of aryl methyl sites for hydroxylation is 1. The third-order valence-electron chi connectivity index (χ3n) is 4.33. The SMILES string of the molecule is Cc1nc(SCCNC(=O)C2CCCN(Cc3ccccc3)C2)n[nH]1. The second-order valence-corrected chi connectivity index (χ2v) is 7.46. The van der Waals surface area contributed by atoms with Crippen LogP contribution in [0.4, 0.5) is 0 Å². The number of piperidine rings is 1. The molecule has 1 amide bonds. The van der Waals surface area contributed by atoms with Crippen LogP contribution in [0.15, 0.2) is 35.5 Å². The molecule has 7 heteroatoms. The molecule has 1 saturated heterocycles. The molecule has 0 saturated carbocycles. The number of benzene rings is 1. The number of thioether (sulfide) groups is 1. The number of aromatic amines is 1. The van der Waals surface area contributed by atoms with Crippen molar-refractivity contribution < 1.29 is 4.79 Å². The van der Waals surface area contributed by atoms with Gasteiger partial charge in [0.15, 0.2) is 0 Å². The van der Waals surface area contributed by atoms with Crippen molar-refractivity contribution in [2.75, 3.05) is 25.4 Å². The lowest BCUT2D eigenvalue weighted by atomic mass is 9.96. The van der Waals surface area contributed by atoms with Crippen LogP contribution in [-0.4, -0.2) is 51.4 Å². The zero-order valence-corrected chi connectivity index (χ0v) is 15.4. The van der Waals surface area contributed by atoms with Crippen molar-refractivity contribution in [3.63, 3.8) is 0 Å². The fourth-order valence-electron chi connectivity index (χ4n) is 3.10. The summed E-state index contributed by atoms with van der Waals surface area (Å²) in [5, 5.41) is 10.7. The minimum Gasteiger partial charge on any atom is -0.355 e. The van der Waals surface area contributed by atoms with Gasteiger partial charge in [0.25, 0.3) is 0 Å². The molecular formula is C18H25N5OS. The van der Waals surface area contributed by atoms with Crippen molar-refractivity contribution in [3.8, 4) is 0 Å². The number of nitrogens with one attached hydrogen (secondary N) is 2. The number of hydrogen-bond donors (Lipinski definition) is 2. The van der Waals surface area contributed by atoms with Crippen LogP contribution >= 0.6 is 11.8 Å². The second-order valence-electron chi connectivity index (χ2n) is 6.40. The van der Waals surface area contributed by atoms with E-state index in [9.17, 15) is 4.79 Å². The van der Waals surface area contributed by atoms with Gasteiger partial charge in [-0.2, -0.15) is 0 Å². The number of nitrogens with zero attached hydrogens (tertiary/aromatic N) is 3. The first kappa shape index (κ1) is 17.9. The first-order valence-electron chi connectivity index (χ1n) is 8.76. The van der Waals surface area contributed by atoms with E-state index in [2.05, 4.69) is 49.7 Å². The zero-order chi connectivity index (χ0) is 17.5. The minimum atomic E-state index is 0.0909. The fraction of sp³-hybridized carbons (Fsp3) is 0.500. The van der Waals surface area contributed by atoms with Gasteiger partial charge < -0.3 is 5.32 Å². The van der Waals surface area contributed by atoms with E-state index in [1.54, 1.807) is 11.8 Å². The Hall–Kier alpha value is -1.86. The maximum atomic E-state index is 12.4. The number of likely N-dealkylation sites (tertiary alicyclic amines) is 1. The number of carbonyl (C=O) groups excluding carboxylic acids is 1. The van der Waals surface area contributed by atoms with E-state index >= 15 is 0 Å². The van der Waals surface area contributed by atoms with Gasteiger partial charge in [0, 0.05) is 25.4 Å². The molecule has 0 bridgehead atoms. The molecule has 0 aliphatic carbocycles. The molecule has 3 rings (SSSR count). The van der Waals surface area contributed by atoms with Crippen LogP contribution in [-0.2, 0) is 11.3 Å². The van der Waals surface area contributed by atoms with Crippen molar-refractivity contribution in [1.82, 2.24) is 25.4 Å².